The fourth-order valence-electron chi connectivity index (χ4n) is 1.28. The van der Waals surface area contributed by atoms with E-state index in [0.717, 1.165) is 22.8 Å². The Morgan fingerprint density at radius 3 is 2.93 bits per heavy atom. The van der Waals surface area contributed by atoms with Crippen LogP contribution in [0.25, 0.3) is 0 Å². The Morgan fingerprint density at radius 2 is 2.40 bits per heavy atom. The van der Waals surface area contributed by atoms with Gasteiger partial charge in [-0.15, -0.1) is 11.3 Å². The van der Waals surface area contributed by atoms with Gasteiger partial charge in [0.25, 0.3) is 0 Å². The van der Waals surface area contributed by atoms with Gasteiger partial charge in [0.15, 0.2) is 0 Å². The van der Waals surface area contributed by atoms with Gasteiger partial charge in [0.2, 0.25) is 5.95 Å². The van der Waals surface area contributed by atoms with Crippen LogP contribution in [0.2, 0.25) is 0 Å². The van der Waals surface area contributed by atoms with Gasteiger partial charge in [0.05, 0.1) is 6.54 Å². The van der Waals surface area contributed by atoms with E-state index in [1.807, 2.05) is 20.0 Å². The molecular weight excluding hydrogens is 276 g/mol. The standard InChI is InChI=1S/C9H11BrN4S/c1-6-12-9(14(2)13-6)11-5-8-7(10)3-4-15-8/h3-4H,5H2,1-2H3,(H,11,12,13). The number of anilines is 1. The molecule has 2 heterocycles. The van der Waals surface area contributed by atoms with E-state index in [-0.39, 0.29) is 0 Å². The van der Waals surface area contributed by atoms with Crippen LogP contribution < -0.4 is 5.32 Å². The minimum atomic E-state index is 0.768. The van der Waals surface area contributed by atoms with E-state index in [4.69, 9.17) is 0 Å². The second-order valence-electron chi connectivity index (χ2n) is 3.15. The van der Waals surface area contributed by atoms with E-state index in [1.54, 1.807) is 16.0 Å². The predicted octanol–water partition coefficient (Wildman–Crippen LogP) is 2.56. The third-order valence-corrected chi connectivity index (χ3v) is 3.89. The number of nitrogens with one attached hydrogen (secondary N) is 1. The van der Waals surface area contributed by atoms with Gasteiger partial charge in [0.1, 0.15) is 5.82 Å². The molecule has 0 saturated heterocycles. The van der Waals surface area contributed by atoms with E-state index < -0.39 is 0 Å². The summed E-state index contributed by atoms with van der Waals surface area (Å²) in [5.74, 6) is 1.58. The SMILES string of the molecule is Cc1nc(NCc2sccc2Br)n(C)n1. The number of halogens is 1. The molecule has 0 amide bonds. The molecule has 2 rings (SSSR count). The maximum Gasteiger partial charge on any atom is 0.221 e. The second kappa shape index (κ2) is 4.32. The number of hydrogen-bond donors (Lipinski definition) is 1. The lowest BCUT2D eigenvalue weighted by atomic mass is 10.5. The van der Waals surface area contributed by atoms with Crippen LogP contribution >= 0.6 is 27.3 Å². The summed E-state index contributed by atoms with van der Waals surface area (Å²) >= 11 is 5.21. The first kappa shape index (κ1) is 10.6. The fourth-order valence-corrected chi connectivity index (χ4v) is 2.71. The first-order valence-electron chi connectivity index (χ1n) is 4.50. The number of aromatic nitrogens is 3. The third-order valence-electron chi connectivity index (χ3n) is 1.97. The molecule has 0 unspecified atom stereocenters. The van der Waals surface area contributed by atoms with Crippen molar-refractivity contribution >= 4 is 33.2 Å². The summed E-state index contributed by atoms with van der Waals surface area (Å²) in [4.78, 5) is 5.53. The van der Waals surface area contributed by atoms with E-state index in [9.17, 15) is 0 Å². The van der Waals surface area contributed by atoms with Gasteiger partial charge in [-0.25, -0.2) is 4.68 Å². The molecule has 0 aliphatic rings. The molecule has 80 valence electrons. The van der Waals surface area contributed by atoms with Crippen molar-refractivity contribution in [1.82, 2.24) is 14.8 Å². The van der Waals surface area contributed by atoms with Gasteiger partial charge in [0, 0.05) is 16.4 Å². The average Bonchev–Trinajstić information content (AvgIpc) is 2.70. The van der Waals surface area contributed by atoms with Gasteiger partial charge in [-0.05, 0) is 34.3 Å². The Bertz CT molecular complexity index is 462. The van der Waals surface area contributed by atoms with Crippen LogP contribution in [0.3, 0.4) is 0 Å². The highest BCUT2D eigenvalue weighted by Crippen LogP contribution is 2.23. The van der Waals surface area contributed by atoms with Crippen molar-refractivity contribution in [2.75, 3.05) is 5.32 Å². The van der Waals surface area contributed by atoms with Crippen molar-refractivity contribution in [1.29, 1.82) is 0 Å². The van der Waals surface area contributed by atoms with Crippen molar-refractivity contribution in [3.8, 4) is 0 Å². The molecule has 0 fully saturated rings. The summed E-state index contributed by atoms with van der Waals surface area (Å²) in [7, 11) is 1.88. The number of aryl methyl sites for hydroxylation is 2. The summed E-state index contributed by atoms with van der Waals surface area (Å²) in [5.41, 5.74) is 0. The second-order valence-corrected chi connectivity index (χ2v) is 5.01. The maximum absolute atomic E-state index is 4.27. The van der Waals surface area contributed by atoms with E-state index in [0.29, 0.717) is 0 Å². The van der Waals surface area contributed by atoms with E-state index >= 15 is 0 Å². The average molecular weight is 287 g/mol. The largest absolute Gasteiger partial charge is 0.349 e. The quantitative estimate of drug-likeness (QED) is 0.943. The van der Waals surface area contributed by atoms with Crippen molar-refractivity contribution < 1.29 is 0 Å². The molecule has 15 heavy (non-hydrogen) atoms. The van der Waals surface area contributed by atoms with Crippen LogP contribution in [0.4, 0.5) is 5.95 Å². The van der Waals surface area contributed by atoms with Crippen molar-refractivity contribution in [2.45, 2.75) is 13.5 Å². The summed E-state index contributed by atoms with van der Waals surface area (Å²) in [5, 5.41) is 9.47. The van der Waals surface area contributed by atoms with Crippen LogP contribution in [0.15, 0.2) is 15.9 Å². The lowest BCUT2D eigenvalue weighted by Crippen LogP contribution is -2.04. The molecule has 0 spiro atoms. The molecule has 2 aromatic heterocycles. The van der Waals surface area contributed by atoms with Crippen LogP contribution in [0, 0.1) is 6.92 Å². The number of rotatable bonds is 3. The van der Waals surface area contributed by atoms with Gasteiger partial charge < -0.3 is 5.32 Å². The summed E-state index contributed by atoms with van der Waals surface area (Å²) in [6.45, 7) is 2.65. The lowest BCUT2D eigenvalue weighted by molar-refractivity contribution is 0.758. The molecule has 0 bridgehead atoms. The van der Waals surface area contributed by atoms with Crippen LogP contribution in [0.1, 0.15) is 10.7 Å². The molecule has 0 aliphatic heterocycles. The molecule has 1 N–H and O–H groups in total. The number of thiophene rings is 1. The van der Waals surface area contributed by atoms with Crippen molar-refractivity contribution in [3.05, 3.63) is 26.6 Å². The molecule has 0 radical (unpaired) electrons. The smallest absolute Gasteiger partial charge is 0.221 e. The Labute approximate surface area is 100 Å². The molecule has 4 nitrogen and oxygen atoms in total. The van der Waals surface area contributed by atoms with Crippen LogP contribution in [0.5, 0.6) is 0 Å². The normalized spacial score (nSPS) is 10.6. The van der Waals surface area contributed by atoms with Crippen LogP contribution in [-0.2, 0) is 13.6 Å². The van der Waals surface area contributed by atoms with Gasteiger partial charge in [-0.1, -0.05) is 0 Å². The Hall–Kier alpha value is -0.880. The highest BCUT2D eigenvalue weighted by molar-refractivity contribution is 9.10. The first-order valence-corrected chi connectivity index (χ1v) is 6.17. The zero-order valence-corrected chi connectivity index (χ0v) is 10.9. The molecule has 0 aliphatic carbocycles. The van der Waals surface area contributed by atoms with Gasteiger partial charge >= 0.3 is 0 Å². The molecular formula is C9H11BrN4S. The Balaban J connectivity index is 2.05. The van der Waals surface area contributed by atoms with Gasteiger partial charge in [-0.3, -0.25) is 0 Å². The Morgan fingerprint density at radius 1 is 1.60 bits per heavy atom. The number of nitrogens with zero attached hydrogens (tertiary/aromatic N) is 3. The Kier molecular flexibility index (Phi) is 3.06. The lowest BCUT2D eigenvalue weighted by Gasteiger charge is -2.03. The molecule has 0 aromatic carbocycles. The monoisotopic (exact) mass is 286 g/mol. The van der Waals surface area contributed by atoms with E-state index in [1.165, 1.54) is 4.88 Å². The fraction of sp³-hybridized carbons (Fsp3) is 0.333. The number of hydrogen-bond acceptors (Lipinski definition) is 4. The summed E-state index contributed by atoms with van der Waals surface area (Å²) < 4.78 is 2.88. The third kappa shape index (κ3) is 2.38. The maximum atomic E-state index is 4.27. The minimum absolute atomic E-state index is 0.768. The summed E-state index contributed by atoms with van der Waals surface area (Å²) in [6.07, 6.45) is 0. The highest BCUT2D eigenvalue weighted by atomic mass is 79.9. The van der Waals surface area contributed by atoms with Crippen molar-refractivity contribution in [3.63, 3.8) is 0 Å². The van der Waals surface area contributed by atoms with Crippen molar-refractivity contribution in [2.24, 2.45) is 7.05 Å². The zero-order chi connectivity index (χ0) is 10.8. The molecule has 2 aromatic rings. The zero-order valence-electron chi connectivity index (χ0n) is 8.49. The minimum Gasteiger partial charge on any atom is -0.349 e. The molecule has 6 heteroatoms. The predicted molar refractivity (Wildman–Crippen MR) is 65.1 cm³/mol. The molecule has 0 saturated carbocycles. The topological polar surface area (TPSA) is 42.7 Å². The first-order chi connectivity index (χ1) is 7.16. The van der Waals surface area contributed by atoms with E-state index in [2.05, 4.69) is 36.7 Å². The molecule has 0 atom stereocenters. The van der Waals surface area contributed by atoms with Gasteiger partial charge in [-0.2, -0.15) is 10.1 Å². The summed E-state index contributed by atoms with van der Waals surface area (Å²) in [6, 6.07) is 2.05. The van der Waals surface area contributed by atoms with Crippen LogP contribution in [-0.4, -0.2) is 14.8 Å². The highest BCUT2D eigenvalue weighted by Gasteiger charge is 2.05.